The van der Waals surface area contributed by atoms with Gasteiger partial charge in [-0.3, -0.25) is 4.79 Å². The predicted octanol–water partition coefficient (Wildman–Crippen LogP) is 1.07. The fraction of sp³-hybridized carbons (Fsp3) is 0.643. The Balaban J connectivity index is 0.00000264. The van der Waals surface area contributed by atoms with E-state index in [9.17, 15) is 13.2 Å². The Hall–Kier alpha value is -0.670. The van der Waals surface area contributed by atoms with Crippen LogP contribution in [0.15, 0.2) is 12.1 Å². The monoisotopic (exact) mass is 381 g/mol. The minimum Gasteiger partial charge on any atom is -0.337 e. The third-order valence-corrected chi connectivity index (χ3v) is 5.81. The average molecular weight is 382 g/mol. The molecule has 0 radical (unpaired) electrons. The molecule has 0 bridgehead atoms. The molecular weight excluding hydrogens is 358 g/mol. The van der Waals surface area contributed by atoms with Crippen molar-refractivity contribution in [3.05, 3.63) is 21.9 Å². The lowest BCUT2D eigenvalue weighted by molar-refractivity contribution is 0.0781. The summed E-state index contributed by atoms with van der Waals surface area (Å²) in [4.78, 5) is 16.0. The number of hydrogen-bond donors (Lipinski definition) is 2. The van der Waals surface area contributed by atoms with Crippen LogP contribution in [0.4, 0.5) is 0 Å². The van der Waals surface area contributed by atoms with Crippen molar-refractivity contribution in [1.29, 1.82) is 0 Å². The highest BCUT2D eigenvalue weighted by molar-refractivity contribution is 7.88. The normalized spacial score (nSPS) is 21.3. The number of hydrogen-bond acceptors (Lipinski definition) is 5. The van der Waals surface area contributed by atoms with E-state index in [0.29, 0.717) is 30.9 Å². The molecule has 0 saturated carbocycles. The summed E-state index contributed by atoms with van der Waals surface area (Å²) in [5.74, 6) is 0.0458. The van der Waals surface area contributed by atoms with Crippen LogP contribution in [0.25, 0.3) is 0 Å². The summed E-state index contributed by atoms with van der Waals surface area (Å²) in [5.41, 5.74) is 5.79. The van der Waals surface area contributed by atoms with E-state index in [0.717, 1.165) is 24.1 Å². The first-order valence-electron chi connectivity index (χ1n) is 7.25. The predicted molar refractivity (Wildman–Crippen MR) is 95.8 cm³/mol. The lowest BCUT2D eigenvalue weighted by Gasteiger charge is -2.22. The van der Waals surface area contributed by atoms with E-state index in [-0.39, 0.29) is 23.7 Å². The third kappa shape index (κ3) is 5.72. The number of likely N-dealkylation sites (tertiary alicyclic amines) is 1. The lowest BCUT2D eigenvalue weighted by Crippen LogP contribution is -2.34. The molecule has 0 aromatic carbocycles. The fourth-order valence-corrected chi connectivity index (χ4v) is 3.95. The highest BCUT2D eigenvalue weighted by atomic mass is 35.5. The van der Waals surface area contributed by atoms with Crippen LogP contribution in [0.1, 0.15) is 27.9 Å². The van der Waals surface area contributed by atoms with Gasteiger partial charge in [-0.2, -0.15) is 0 Å². The number of halogens is 1. The minimum atomic E-state index is -3.17. The molecule has 0 aliphatic carbocycles. The maximum Gasteiger partial charge on any atom is 0.263 e. The number of rotatable bonds is 6. The summed E-state index contributed by atoms with van der Waals surface area (Å²) in [6.45, 7) is 4.49. The summed E-state index contributed by atoms with van der Waals surface area (Å²) in [6, 6.07) is 3.71. The summed E-state index contributed by atoms with van der Waals surface area (Å²) < 4.78 is 24.5. The highest BCUT2D eigenvalue weighted by Gasteiger charge is 2.35. The molecule has 0 spiro atoms. The number of nitrogens with zero attached hydrogens (tertiary/aromatic N) is 1. The quantitative estimate of drug-likeness (QED) is 0.770. The average Bonchev–Trinajstić information content (AvgIpc) is 3.04. The lowest BCUT2D eigenvalue weighted by atomic mass is 9.90. The van der Waals surface area contributed by atoms with Crippen LogP contribution in [-0.4, -0.2) is 51.7 Å². The van der Waals surface area contributed by atoms with Gasteiger partial charge in [0, 0.05) is 24.5 Å². The summed E-state index contributed by atoms with van der Waals surface area (Å²) >= 11 is 1.43. The van der Waals surface area contributed by atoms with Crippen LogP contribution >= 0.6 is 23.7 Å². The molecule has 1 aromatic rings. The number of nitrogens with one attached hydrogen (secondary N) is 1. The molecule has 9 heteroatoms. The molecule has 6 nitrogen and oxygen atoms in total. The molecule has 1 aliphatic rings. The fourth-order valence-electron chi connectivity index (χ4n) is 2.51. The van der Waals surface area contributed by atoms with Gasteiger partial charge in [-0.05, 0) is 36.9 Å². The van der Waals surface area contributed by atoms with Crippen LogP contribution in [0.5, 0.6) is 0 Å². The van der Waals surface area contributed by atoms with E-state index in [4.69, 9.17) is 5.73 Å². The molecule has 1 atom stereocenters. The Kier molecular flexibility index (Phi) is 7.03. The first-order chi connectivity index (χ1) is 10.2. The SMILES string of the molecule is CC1(CN)CCN(C(=O)c2ccc(CCNS(C)(=O)=O)s2)C1.Cl. The largest absolute Gasteiger partial charge is 0.337 e. The van der Waals surface area contributed by atoms with E-state index in [1.807, 2.05) is 17.0 Å². The molecule has 1 fully saturated rings. The van der Waals surface area contributed by atoms with Crippen LogP contribution in [0.3, 0.4) is 0 Å². The van der Waals surface area contributed by atoms with Crippen molar-refractivity contribution in [3.8, 4) is 0 Å². The number of thiophene rings is 1. The Morgan fingerprint density at radius 1 is 1.48 bits per heavy atom. The standard InChI is InChI=1S/C14H23N3O3S2.ClH/c1-14(9-15)6-8-17(10-14)13(18)12-4-3-11(21-12)5-7-16-22(2,19)20;/h3-4,16H,5-10,15H2,1-2H3;1H. The Morgan fingerprint density at radius 2 is 2.17 bits per heavy atom. The Labute approximate surface area is 147 Å². The van der Waals surface area contributed by atoms with Crippen LogP contribution in [0.2, 0.25) is 0 Å². The highest BCUT2D eigenvalue weighted by Crippen LogP contribution is 2.30. The van der Waals surface area contributed by atoms with Crippen molar-refractivity contribution < 1.29 is 13.2 Å². The molecule has 1 aliphatic heterocycles. The molecule has 132 valence electrons. The van der Waals surface area contributed by atoms with Crippen LogP contribution in [-0.2, 0) is 16.4 Å². The van der Waals surface area contributed by atoms with Gasteiger partial charge in [0.25, 0.3) is 5.91 Å². The molecule has 23 heavy (non-hydrogen) atoms. The van der Waals surface area contributed by atoms with Crippen molar-refractivity contribution in [1.82, 2.24) is 9.62 Å². The van der Waals surface area contributed by atoms with Gasteiger partial charge in [-0.1, -0.05) is 6.92 Å². The first-order valence-corrected chi connectivity index (χ1v) is 9.96. The van der Waals surface area contributed by atoms with Crippen molar-refractivity contribution in [2.75, 3.05) is 32.4 Å². The van der Waals surface area contributed by atoms with Gasteiger partial charge in [0.15, 0.2) is 0 Å². The number of amides is 1. The Bertz CT molecular complexity index is 647. The molecule has 1 aromatic heterocycles. The third-order valence-electron chi connectivity index (χ3n) is 3.95. The van der Waals surface area contributed by atoms with E-state index in [1.165, 1.54) is 11.3 Å². The molecule has 1 saturated heterocycles. The van der Waals surface area contributed by atoms with Crippen molar-refractivity contribution in [3.63, 3.8) is 0 Å². The molecule has 1 unspecified atom stereocenters. The number of sulfonamides is 1. The molecular formula is C14H24ClN3O3S2. The maximum atomic E-state index is 12.5. The van der Waals surface area contributed by atoms with Crippen LogP contribution in [0, 0.1) is 5.41 Å². The molecule has 2 rings (SSSR count). The van der Waals surface area contributed by atoms with Crippen molar-refractivity contribution in [2.24, 2.45) is 11.1 Å². The number of carbonyl (C=O) groups is 1. The van der Waals surface area contributed by atoms with E-state index in [2.05, 4.69) is 11.6 Å². The van der Waals surface area contributed by atoms with Crippen molar-refractivity contribution >= 4 is 39.7 Å². The van der Waals surface area contributed by atoms with Gasteiger partial charge < -0.3 is 10.6 Å². The summed E-state index contributed by atoms with van der Waals surface area (Å²) in [7, 11) is -3.17. The van der Waals surface area contributed by atoms with E-state index >= 15 is 0 Å². The Morgan fingerprint density at radius 3 is 2.74 bits per heavy atom. The second-order valence-corrected chi connectivity index (χ2v) is 9.18. The topological polar surface area (TPSA) is 92.5 Å². The van der Waals surface area contributed by atoms with Gasteiger partial charge in [0.1, 0.15) is 0 Å². The first kappa shape index (κ1) is 20.4. The van der Waals surface area contributed by atoms with Gasteiger partial charge >= 0.3 is 0 Å². The van der Waals surface area contributed by atoms with Gasteiger partial charge in [0.2, 0.25) is 10.0 Å². The van der Waals surface area contributed by atoms with Gasteiger partial charge in [0.05, 0.1) is 11.1 Å². The summed E-state index contributed by atoms with van der Waals surface area (Å²) in [6.07, 6.45) is 2.66. The number of nitrogens with two attached hydrogens (primary N) is 1. The van der Waals surface area contributed by atoms with E-state index < -0.39 is 10.0 Å². The second kappa shape index (κ2) is 7.94. The molecule has 2 heterocycles. The molecule has 3 N–H and O–H groups in total. The van der Waals surface area contributed by atoms with Crippen LogP contribution < -0.4 is 10.5 Å². The summed E-state index contributed by atoms with van der Waals surface area (Å²) in [5, 5.41) is 0. The van der Waals surface area contributed by atoms with E-state index in [1.54, 1.807) is 0 Å². The number of carbonyl (C=O) groups excluding carboxylic acids is 1. The van der Waals surface area contributed by atoms with Crippen molar-refractivity contribution in [2.45, 2.75) is 19.8 Å². The second-order valence-electron chi connectivity index (χ2n) is 6.17. The van der Waals surface area contributed by atoms with Gasteiger partial charge in [-0.15, -0.1) is 23.7 Å². The zero-order chi connectivity index (χ0) is 16.4. The maximum absolute atomic E-state index is 12.5. The van der Waals surface area contributed by atoms with Gasteiger partial charge in [-0.25, -0.2) is 13.1 Å². The molecule has 1 amide bonds. The minimum absolute atomic E-state index is 0. The zero-order valence-corrected chi connectivity index (χ0v) is 15.8. The smallest absolute Gasteiger partial charge is 0.263 e. The zero-order valence-electron chi connectivity index (χ0n) is 13.4.